The van der Waals surface area contributed by atoms with Crippen LogP contribution in [0.4, 0.5) is 5.95 Å². The van der Waals surface area contributed by atoms with Gasteiger partial charge in [0.15, 0.2) is 0 Å². The minimum Gasteiger partial charge on any atom is -0.497 e. The summed E-state index contributed by atoms with van der Waals surface area (Å²) in [6.45, 7) is 0. The molecule has 0 saturated carbocycles. The Bertz CT molecular complexity index is 1090. The molecule has 0 aliphatic carbocycles. The van der Waals surface area contributed by atoms with Crippen molar-refractivity contribution in [1.29, 1.82) is 0 Å². The first kappa shape index (κ1) is 17.5. The average molecular weight is 382 g/mol. The van der Waals surface area contributed by atoms with Crippen LogP contribution in [0, 0.1) is 0 Å². The number of nitrogens with one attached hydrogen (secondary N) is 1. The maximum atomic E-state index is 5.30. The third-order valence-corrected chi connectivity index (χ3v) is 5.55. The maximum absolute atomic E-state index is 5.30. The van der Waals surface area contributed by atoms with Crippen LogP contribution in [-0.2, 0) is 0 Å². The third kappa shape index (κ3) is 3.36. The van der Waals surface area contributed by atoms with Gasteiger partial charge in [0.2, 0.25) is 5.95 Å². The second-order valence-corrected chi connectivity index (χ2v) is 7.24. The van der Waals surface area contributed by atoms with Crippen molar-refractivity contribution in [3.8, 4) is 16.9 Å². The Kier molecular flexibility index (Phi) is 4.48. The highest BCUT2D eigenvalue weighted by Crippen LogP contribution is 2.38. The van der Waals surface area contributed by atoms with Crippen molar-refractivity contribution in [2.24, 2.45) is 0 Å². The predicted molar refractivity (Wildman–Crippen MR) is 114 cm³/mol. The van der Waals surface area contributed by atoms with Gasteiger partial charge in [0.25, 0.3) is 0 Å². The zero-order chi connectivity index (χ0) is 19.6. The summed E-state index contributed by atoms with van der Waals surface area (Å²) in [7, 11) is 1.68. The maximum Gasteiger partial charge on any atom is 0.222 e. The number of fused-ring (bicyclic) bond motifs is 1. The van der Waals surface area contributed by atoms with Gasteiger partial charge < -0.3 is 10.1 Å². The SMILES string of the molecule is COc1ccc([C@H]2C[C@H](c3ccc(-c4ccccc4)cc3)Nc3ncnn32)cc1. The molecule has 5 heteroatoms. The van der Waals surface area contributed by atoms with Crippen molar-refractivity contribution in [2.75, 3.05) is 12.4 Å². The molecule has 0 unspecified atom stereocenters. The van der Waals surface area contributed by atoms with E-state index in [9.17, 15) is 0 Å². The molecule has 5 rings (SSSR count). The van der Waals surface area contributed by atoms with Crippen LogP contribution in [0.5, 0.6) is 5.75 Å². The Balaban J connectivity index is 1.44. The molecule has 1 aromatic heterocycles. The fraction of sp³-hybridized carbons (Fsp3) is 0.167. The van der Waals surface area contributed by atoms with Crippen molar-refractivity contribution in [1.82, 2.24) is 14.8 Å². The number of benzene rings is 3. The molecule has 2 atom stereocenters. The van der Waals surface area contributed by atoms with Crippen LogP contribution in [0.2, 0.25) is 0 Å². The minimum atomic E-state index is 0.124. The Labute approximate surface area is 170 Å². The zero-order valence-corrected chi connectivity index (χ0v) is 16.2. The van der Waals surface area contributed by atoms with E-state index in [-0.39, 0.29) is 12.1 Å². The smallest absolute Gasteiger partial charge is 0.222 e. The standard InChI is InChI=1S/C24H22N4O/c1-29-21-13-11-20(12-14-21)23-15-22(27-24-25-16-26-28(23)24)19-9-7-18(8-10-19)17-5-3-2-4-6-17/h2-14,16,22-23H,15H2,1H3,(H,25,26,27)/t22-,23-/m1/s1. The molecule has 1 aliphatic rings. The number of hydrogen-bond acceptors (Lipinski definition) is 4. The average Bonchev–Trinajstić information content (AvgIpc) is 3.28. The lowest BCUT2D eigenvalue weighted by molar-refractivity contribution is 0.411. The van der Waals surface area contributed by atoms with E-state index in [1.54, 1.807) is 13.4 Å². The fourth-order valence-corrected chi connectivity index (χ4v) is 3.98. The number of aromatic nitrogens is 3. The molecule has 144 valence electrons. The first-order valence-electron chi connectivity index (χ1n) is 9.77. The van der Waals surface area contributed by atoms with Crippen molar-refractivity contribution in [3.63, 3.8) is 0 Å². The number of anilines is 1. The number of nitrogens with zero attached hydrogens (tertiary/aromatic N) is 3. The molecule has 1 aliphatic heterocycles. The van der Waals surface area contributed by atoms with Crippen LogP contribution in [0.1, 0.15) is 29.6 Å². The topological polar surface area (TPSA) is 52.0 Å². The first-order chi connectivity index (χ1) is 14.3. The lowest BCUT2D eigenvalue weighted by Gasteiger charge is -2.32. The van der Waals surface area contributed by atoms with Crippen LogP contribution in [0.3, 0.4) is 0 Å². The van der Waals surface area contributed by atoms with E-state index in [0.717, 1.165) is 18.1 Å². The van der Waals surface area contributed by atoms with Gasteiger partial charge in [-0.2, -0.15) is 10.1 Å². The lowest BCUT2D eigenvalue weighted by atomic mass is 9.92. The van der Waals surface area contributed by atoms with Gasteiger partial charge in [-0.25, -0.2) is 4.68 Å². The summed E-state index contributed by atoms with van der Waals surface area (Å²) >= 11 is 0. The van der Waals surface area contributed by atoms with Gasteiger partial charge in [-0.05, 0) is 40.8 Å². The monoisotopic (exact) mass is 382 g/mol. The van der Waals surface area contributed by atoms with Gasteiger partial charge in [0.1, 0.15) is 12.1 Å². The predicted octanol–water partition coefficient (Wildman–Crippen LogP) is 5.10. The van der Waals surface area contributed by atoms with Gasteiger partial charge in [0.05, 0.1) is 19.2 Å². The molecule has 0 saturated heterocycles. The quantitative estimate of drug-likeness (QED) is 0.533. The highest BCUT2D eigenvalue weighted by Gasteiger charge is 2.29. The fourth-order valence-electron chi connectivity index (χ4n) is 3.98. The van der Waals surface area contributed by atoms with Crippen molar-refractivity contribution in [2.45, 2.75) is 18.5 Å². The van der Waals surface area contributed by atoms with Gasteiger partial charge in [-0.3, -0.25) is 0 Å². The molecular weight excluding hydrogens is 360 g/mol. The van der Waals surface area contributed by atoms with E-state index in [4.69, 9.17) is 4.74 Å². The van der Waals surface area contributed by atoms with Crippen LogP contribution in [0.15, 0.2) is 85.2 Å². The van der Waals surface area contributed by atoms with E-state index in [1.165, 1.54) is 22.3 Å². The van der Waals surface area contributed by atoms with E-state index in [2.05, 4.69) is 76.1 Å². The molecule has 1 N–H and O–H groups in total. The van der Waals surface area contributed by atoms with Crippen LogP contribution in [0.25, 0.3) is 11.1 Å². The normalized spacial score (nSPS) is 18.0. The molecular formula is C24H22N4O. The van der Waals surface area contributed by atoms with E-state index in [1.807, 2.05) is 22.9 Å². The Morgan fingerprint density at radius 1 is 0.862 bits per heavy atom. The Morgan fingerprint density at radius 3 is 2.28 bits per heavy atom. The molecule has 0 amide bonds. The molecule has 4 aromatic rings. The highest BCUT2D eigenvalue weighted by molar-refractivity contribution is 5.63. The largest absolute Gasteiger partial charge is 0.497 e. The van der Waals surface area contributed by atoms with Crippen molar-refractivity contribution >= 4 is 5.95 Å². The molecule has 0 fully saturated rings. The lowest BCUT2D eigenvalue weighted by Crippen LogP contribution is -2.28. The molecule has 0 spiro atoms. The van der Waals surface area contributed by atoms with Crippen molar-refractivity contribution in [3.05, 3.63) is 96.3 Å². The van der Waals surface area contributed by atoms with Gasteiger partial charge in [-0.1, -0.05) is 66.7 Å². The van der Waals surface area contributed by atoms with E-state index in [0.29, 0.717) is 0 Å². The number of methoxy groups -OCH3 is 1. The summed E-state index contributed by atoms with van der Waals surface area (Å²) in [6.07, 6.45) is 2.51. The summed E-state index contributed by atoms with van der Waals surface area (Å²) < 4.78 is 7.27. The van der Waals surface area contributed by atoms with Crippen LogP contribution < -0.4 is 10.1 Å². The summed E-state index contributed by atoms with van der Waals surface area (Å²) in [5, 5.41) is 7.99. The molecule has 3 aromatic carbocycles. The van der Waals surface area contributed by atoms with Crippen LogP contribution >= 0.6 is 0 Å². The Hall–Kier alpha value is -3.60. The number of ether oxygens (including phenoxy) is 1. The van der Waals surface area contributed by atoms with E-state index >= 15 is 0 Å². The molecule has 2 heterocycles. The zero-order valence-electron chi connectivity index (χ0n) is 16.2. The van der Waals surface area contributed by atoms with Gasteiger partial charge >= 0.3 is 0 Å². The minimum absolute atomic E-state index is 0.124. The third-order valence-electron chi connectivity index (χ3n) is 5.55. The number of hydrogen-bond donors (Lipinski definition) is 1. The second kappa shape index (κ2) is 7.43. The first-order valence-corrected chi connectivity index (χ1v) is 9.77. The molecule has 0 bridgehead atoms. The number of rotatable bonds is 4. The molecule has 29 heavy (non-hydrogen) atoms. The summed E-state index contributed by atoms with van der Waals surface area (Å²) in [6, 6.07) is 27.7. The van der Waals surface area contributed by atoms with Crippen LogP contribution in [-0.4, -0.2) is 21.9 Å². The Morgan fingerprint density at radius 2 is 1.55 bits per heavy atom. The second-order valence-electron chi connectivity index (χ2n) is 7.24. The van der Waals surface area contributed by atoms with Gasteiger partial charge in [0, 0.05) is 0 Å². The van der Waals surface area contributed by atoms with E-state index < -0.39 is 0 Å². The summed E-state index contributed by atoms with van der Waals surface area (Å²) in [4.78, 5) is 4.42. The van der Waals surface area contributed by atoms with Crippen molar-refractivity contribution < 1.29 is 4.74 Å². The molecule has 0 radical (unpaired) electrons. The van der Waals surface area contributed by atoms with Gasteiger partial charge in [-0.15, -0.1) is 0 Å². The molecule has 5 nitrogen and oxygen atoms in total. The highest BCUT2D eigenvalue weighted by atomic mass is 16.5. The summed E-state index contributed by atoms with van der Waals surface area (Å²) in [5.41, 5.74) is 4.90. The summed E-state index contributed by atoms with van der Waals surface area (Å²) in [5.74, 6) is 1.66.